The summed E-state index contributed by atoms with van der Waals surface area (Å²) >= 11 is 7.86. The van der Waals surface area contributed by atoms with Crippen molar-refractivity contribution in [2.75, 3.05) is 9.80 Å². The summed E-state index contributed by atoms with van der Waals surface area (Å²) in [4.78, 5) is 48.2. The molecule has 2 aromatic carbocycles. The third-order valence-corrected chi connectivity index (χ3v) is 8.80. The molecule has 0 spiro atoms. The van der Waals surface area contributed by atoms with E-state index in [1.807, 2.05) is 0 Å². The lowest BCUT2D eigenvalue weighted by molar-refractivity contribution is -0.126. The average Bonchev–Trinajstić information content (AvgIpc) is 3.61. The largest absolute Gasteiger partial charge is 0.297 e. The van der Waals surface area contributed by atoms with Crippen molar-refractivity contribution >= 4 is 52.0 Å². The number of amides is 2. The molecule has 1 saturated carbocycles. The van der Waals surface area contributed by atoms with E-state index >= 15 is 0 Å². The van der Waals surface area contributed by atoms with Crippen molar-refractivity contribution in [1.29, 1.82) is 0 Å². The van der Waals surface area contributed by atoms with Gasteiger partial charge in [-0.15, -0.1) is 11.3 Å². The van der Waals surface area contributed by atoms with Gasteiger partial charge in [-0.1, -0.05) is 35.9 Å². The van der Waals surface area contributed by atoms with E-state index in [0.717, 1.165) is 0 Å². The molecule has 5 rings (SSSR count). The third-order valence-electron chi connectivity index (χ3n) is 7.89. The summed E-state index contributed by atoms with van der Waals surface area (Å²) in [6.45, 7) is 0. The highest BCUT2D eigenvalue weighted by molar-refractivity contribution is 7.07. The smallest absolute Gasteiger partial charge is 0.251 e. The Kier molecular flexibility index (Phi) is 8.79. The van der Waals surface area contributed by atoms with Crippen LogP contribution in [-0.4, -0.2) is 34.5 Å². The first-order chi connectivity index (χ1) is 19.6. The number of rotatable bonds is 9. The molecule has 0 bridgehead atoms. The molecule has 2 amide bonds. The Hall–Kier alpha value is -3.24. The van der Waals surface area contributed by atoms with Crippen LogP contribution in [0.4, 0.5) is 24.7 Å². The summed E-state index contributed by atoms with van der Waals surface area (Å²) in [6, 6.07) is 9.83. The number of alkyl halides is 2. The third kappa shape index (κ3) is 6.48. The molecular formula is C30H29ClF3N3O3S. The number of benzene rings is 2. The fourth-order valence-electron chi connectivity index (χ4n) is 5.75. The molecule has 2 atom stereocenters. The predicted octanol–water partition coefficient (Wildman–Crippen LogP) is 7.38. The monoisotopic (exact) mass is 603 g/mol. The van der Waals surface area contributed by atoms with Crippen LogP contribution >= 0.6 is 22.9 Å². The molecule has 1 saturated heterocycles. The highest BCUT2D eigenvalue weighted by Gasteiger charge is 2.44. The van der Waals surface area contributed by atoms with Crippen LogP contribution in [0.5, 0.6) is 0 Å². The summed E-state index contributed by atoms with van der Waals surface area (Å²) < 4.78 is 42.0. The maximum absolute atomic E-state index is 14.5. The predicted molar refractivity (Wildman–Crippen MR) is 152 cm³/mol. The SMILES string of the molecule is O=C(CCC1CCC(F)(F)CC1)[C@H](c1ccccc1Cl)N(C(=O)[C@@H]1CCC(=O)N1c1cscn1)c1cccc(F)c1. The highest BCUT2D eigenvalue weighted by atomic mass is 35.5. The number of hydrogen-bond donors (Lipinski definition) is 0. The van der Waals surface area contributed by atoms with Crippen LogP contribution in [0.15, 0.2) is 59.4 Å². The first-order valence-corrected chi connectivity index (χ1v) is 14.9. The molecule has 0 N–H and O–H groups in total. The normalized spacial score (nSPS) is 19.8. The molecule has 6 nitrogen and oxygen atoms in total. The molecule has 41 heavy (non-hydrogen) atoms. The molecular weight excluding hydrogens is 575 g/mol. The molecule has 216 valence electrons. The molecule has 3 aromatic rings. The van der Waals surface area contributed by atoms with Gasteiger partial charge in [-0.05, 0) is 55.9 Å². The number of anilines is 2. The number of aromatic nitrogens is 1. The molecule has 2 fully saturated rings. The number of hydrogen-bond acceptors (Lipinski definition) is 5. The van der Waals surface area contributed by atoms with Gasteiger partial charge in [-0.2, -0.15) is 0 Å². The molecule has 1 aliphatic carbocycles. The fourth-order valence-corrected chi connectivity index (χ4v) is 6.51. The Labute approximate surface area is 245 Å². The highest BCUT2D eigenvalue weighted by Crippen LogP contribution is 2.40. The van der Waals surface area contributed by atoms with E-state index in [0.29, 0.717) is 30.6 Å². The lowest BCUT2D eigenvalue weighted by Gasteiger charge is -2.36. The van der Waals surface area contributed by atoms with Gasteiger partial charge in [0.1, 0.15) is 23.7 Å². The molecule has 11 heteroatoms. The van der Waals surface area contributed by atoms with Gasteiger partial charge in [0.15, 0.2) is 5.78 Å². The number of halogens is 4. The number of ketones is 1. The second-order valence-electron chi connectivity index (χ2n) is 10.6. The van der Waals surface area contributed by atoms with Gasteiger partial charge in [0.2, 0.25) is 11.8 Å². The molecule has 0 radical (unpaired) electrons. The zero-order chi connectivity index (χ0) is 29.1. The first kappa shape index (κ1) is 29.3. The first-order valence-electron chi connectivity index (χ1n) is 13.6. The lowest BCUT2D eigenvalue weighted by atomic mass is 9.82. The van der Waals surface area contributed by atoms with Crippen LogP contribution in [0.25, 0.3) is 0 Å². The van der Waals surface area contributed by atoms with Gasteiger partial charge in [-0.25, -0.2) is 18.2 Å². The van der Waals surface area contributed by atoms with Crippen molar-refractivity contribution in [3.8, 4) is 0 Å². The Bertz CT molecular complexity index is 1410. The summed E-state index contributed by atoms with van der Waals surface area (Å²) in [5.41, 5.74) is 2.06. The lowest BCUT2D eigenvalue weighted by Crippen LogP contribution is -2.50. The maximum Gasteiger partial charge on any atom is 0.251 e. The molecule has 2 aliphatic rings. The number of nitrogens with zero attached hydrogens (tertiary/aromatic N) is 3. The maximum atomic E-state index is 14.5. The summed E-state index contributed by atoms with van der Waals surface area (Å²) in [7, 11) is 0. The Morgan fingerprint density at radius 1 is 1.12 bits per heavy atom. The Morgan fingerprint density at radius 2 is 1.88 bits per heavy atom. The zero-order valence-electron chi connectivity index (χ0n) is 22.1. The van der Waals surface area contributed by atoms with Crippen LogP contribution < -0.4 is 9.80 Å². The van der Waals surface area contributed by atoms with E-state index < -0.39 is 29.7 Å². The van der Waals surface area contributed by atoms with Gasteiger partial charge < -0.3 is 0 Å². The van der Waals surface area contributed by atoms with Crippen molar-refractivity contribution in [2.24, 2.45) is 5.92 Å². The van der Waals surface area contributed by atoms with Gasteiger partial charge in [0, 0.05) is 47.3 Å². The van der Waals surface area contributed by atoms with Crippen LogP contribution in [0, 0.1) is 11.7 Å². The Morgan fingerprint density at radius 3 is 2.56 bits per heavy atom. The van der Waals surface area contributed by atoms with Crippen molar-refractivity contribution in [3.05, 3.63) is 75.8 Å². The van der Waals surface area contributed by atoms with Gasteiger partial charge in [0.05, 0.1) is 5.51 Å². The minimum atomic E-state index is -2.68. The van der Waals surface area contributed by atoms with Crippen LogP contribution in [0.3, 0.4) is 0 Å². The van der Waals surface area contributed by atoms with Gasteiger partial charge in [-0.3, -0.25) is 24.2 Å². The fraction of sp³-hybridized carbons (Fsp3) is 0.400. The summed E-state index contributed by atoms with van der Waals surface area (Å²) in [5, 5.41) is 1.91. The van der Waals surface area contributed by atoms with Crippen molar-refractivity contribution in [1.82, 2.24) is 4.98 Å². The van der Waals surface area contributed by atoms with Gasteiger partial charge in [0.25, 0.3) is 5.91 Å². The van der Waals surface area contributed by atoms with Crippen LogP contribution in [-0.2, 0) is 14.4 Å². The standard InChI is InChI=1S/C30H29ClF3N3O3S/c31-23-7-2-1-6-22(23)28(25(38)10-8-19-12-14-30(33,34)15-13-19)36(21-5-3-4-20(32)16-21)29(40)24-9-11-27(39)37(24)26-17-41-18-35-26/h1-7,16-19,24,28H,8-15H2/t24-,28-/m0/s1. The molecule has 1 aromatic heterocycles. The zero-order valence-corrected chi connectivity index (χ0v) is 23.7. The van der Waals surface area contributed by atoms with E-state index in [1.54, 1.807) is 35.2 Å². The van der Waals surface area contributed by atoms with Crippen LogP contribution in [0.1, 0.15) is 63.0 Å². The number of carbonyl (C=O) groups is 3. The Balaban J connectivity index is 1.53. The van der Waals surface area contributed by atoms with E-state index in [1.165, 1.54) is 45.4 Å². The van der Waals surface area contributed by atoms with Crippen molar-refractivity contribution in [2.45, 2.75) is 69.4 Å². The average molecular weight is 604 g/mol. The van der Waals surface area contributed by atoms with E-state index in [4.69, 9.17) is 11.6 Å². The van der Waals surface area contributed by atoms with E-state index in [9.17, 15) is 27.6 Å². The molecule has 2 heterocycles. The topological polar surface area (TPSA) is 70.6 Å². The molecule has 0 unspecified atom stereocenters. The van der Waals surface area contributed by atoms with E-state index in [2.05, 4.69) is 4.98 Å². The van der Waals surface area contributed by atoms with Crippen LogP contribution in [0.2, 0.25) is 5.02 Å². The minimum absolute atomic E-state index is 0.0185. The van der Waals surface area contributed by atoms with Crippen molar-refractivity contribution < 1.29 is 27.6 Å². The van der Waals surface area contributed by atoms with Crippen molar-refractivity contribution in [3.63, 3.8) is 0 Å². The number of Topliss-reactive ketones (excluding diaryl/α,β-unsaturated/α-hetero) is 1. The number of thiazole rings is 1. The summed E-state index contributed by atoms with van der Waals surface area (Å²) in [6.07, 6.45) is 0.916. The number of carbonyl (C=O) groups excluding carboxylic acids is 3. The quantitative estimate of drug-likeness (QED) is 0.256. The minimum Gasteiger partial charge on any atom is -0.297 e. The second-order valence-corrected chi connectivity index (χ2v) is 11.7. The van der Waals surface area contributed by atoms with Gasteiger partial charge >= 0.3 is 0 Å². The molecule has 1 aliphatic heterocycles. The summed E-state index contributed by atoms with van der Waals surface area (Å²) in [5.74, 6) is -4.18. The van der Waals surface area contributed by atoms with E-state index in [-0.39, 0.29) is 60.4 Å². The second kappa shape index (κ2) is 12.3.